The smallest absolute Gasteiger partial charge is 0.271 e. The van der Waals surface area contributed by atoms with Crippen LogP contribution in [0.4, 0.5) is 5.69 Å². The lowest BCUT2D eigenvalue weighted by atomic mass is 10.0. The summed E-state index contributed by atoms with van der Waals surface area (Å²) in [7, 11) is -1.75. The lowest BCUT2D eigenvalue weighted by molar-refractivity contribution is -0.0177. The first kappa shape index (κ1) is 33.9. The van der Waals surface area contributed by atoms with E-state index in [9.17, 15) is 18.3 Å². The van der Waals surface area contributed by atoms with Crippen LogP contribution in [0.15, 0.2) is 70.3 Å². The Bertz CT molecular complexity index is 1430. The Balaban J connectivity index is 1.63. The van der Waals surface area contributed by atoms with Crippen molar-refractivity contribution in [2.24, 2.45) is 5.92 Å². The fourth-order valence-electron chi connectivity index (χ4n) is 5.34. The van der Waals surface area contributed by atoms with Crippen LogP contribution in [0.3, 0.4) is 0 Å². The van der Waals surface area contributed by atoms with Gasteiger partial charge < -0.3 is 19.5 Å². The zero-order chi connectivity index (χ0) is 31.7. The monoisotopic (exact) mass is 643 g/mol. The minimum atomic E-state index is -3.82. The van der Waals surface area contributed by atoms with Crippen LogP contribution in [-0.2, 0) is 21.3 Å². The van der Waals surface area contributed by atoms with E-state index < -0.39 is 16.1 Å². The number of rotatable bonds is 9. The first-order chi connectivity index (χ1) is 21.1. The minimum Gasteiger partial charge on any atom is -0.490 e. The van der Waals surface area contributed by atoms with Gasteiger partial charge in [-0.1, -0.05) is 43.3 Å². The third-order valence-electron chi connectivity index (χ3n) is 7.85. The number of hydrogen-bond donors (Lipinski definition) is 2. The number of aliphatic hydroxyl groups excluding tert-OH is 1. The minimum absolute atomic E-state index is 0.0575. The molecule has 11 heteroatoms. The molecule has 0 saturated heterocycles. The van der Waals surface area contributed by atoms with E-state index in [1.54, 1.807) is 35.4 Å². The molecular formula is C33H45N3O6S2. The maximum absolute atomic E-state index is 14.3. The summed E-state index contributed by atoms with van der Waals surface area (Å²) in [6.07, 6.45) is 2.23. The van der Waals surface area contributed by atoms with Gasteiger partial charge in [0, 0.05) is 37.8 Å². The van der Waals surface area contributed by atoms with Crippen molar-refractivity contribution in [3.8, 4) is 5.75 Å². The number of aliphatic hydroxyl groups is 1. The standard InChI is InChI=1S/C33H45N3O6S2/c1-24-20-36(25(2)23-37)33(38)29-19-28(34-44(39,40)32-14-10-18-43-32)15-16-30(29)42-26(3)11-8-9-17-41-31(24)22-35(4)21-27-12-6-5-7-13-27/h5-7,10,12-16,18-19,24-26,31,34,37H,8-9,11,17,20-23H2,1-4H3/t24-,25+,26-,31-/m0/s1. The predicted molar refractivity (Wildman–Crippen MR) is 175 cm³/mol. The maximum Gasteiger partial charge on any atom is 0.271 e. The number of ether oxygens (including phenoxy) is 2. The number of sulfonamides is 1. The summed E-state index contributed by atoms with van der Waals surface area (Å²) >= 11 is 1.12. The summed E-state index contributed by atoms with van der Waals surface area (Å²) < 4.78 is 41.4. The van der Waals surface area contributed by atoms with Crippen LogP contribution < -0.4 is 9.46 Å². The summed E-state index contributed by atoms with van der Waals surface area (Å²) in [5, 5.41) is 11.9. The molecule has 2 aromatic carbocycles. The fraction of sp³-hybridized carbons (Fsp3) is 0.485. The van der Waals surface area contributed by atoms with Gasteiger partial charge >= 0.3 is 0 Å². The van der Waals surface area contributed by atoms with Gasteiger partial charge in [0.2, 0.25) is 0 Å². The van der Waals surface area contributed by atoms with E-state index >= 15 is 0 Å². The normalized spacial score (nSPS) is 21.3. The lowest BCUT2D eigenvalue weighted by Gasteiger charge is -2.36. The molecule has 2 N–H and O–H groups in total. The van der Waals surface area contributed by atoms with Crippen LogP contribution in [-0.4, -0.2) is 80.8 Å². The van der Waals surface area contributed by atoms with E-state index in [-0.39, 0.29) is 46.1 Å². The van der Waals surface area contributed by atoms with Crippen LogP contribution in [0.5, 0.6) is 5.75 Å². The Morgan fingerprint density at radius 3 is 2.59 bits per heavy atom. The van der Waals surface area contributed by atoms with Crippen LogP contribution in [0, 0.1) is 5.92 Å². The molecule has 4 atom stereocenters. The van der Waals surface area contributed by atoms with Crippen molar-refractivity contribution in [1.29, 1.82) is 0 Å². The molecule has 0 radical (unpaired) electrons. The van der Waals surface area contributed by atoms with Gasteiger partial charge in [-0.15, -0.1) is 11.3 Å². The SMILES string of the molecule is C[C@H](CO)N1C[C@H](C)[C@H](CN(C)Cc2ccccc2)OCCCC[C@H](C)Oc2ccc(NS(=O)(=O)c3cccs3)cc2C1=O. The predicted octanol–water partition coefficient (Wildman–Crippen LogP) is 5.48. The highest BCUT2D eigenvalue weighted by Gasteiger charge is 2.30. The Morgan fingerprint density at radius 2 is 1.89 bits per heavy atom. The molecule has 9 nitrogen and oxygen atoms in total. The van der Waals surface area contributed by atoms with Gasteiger partial charge in [-0.25, -0.2) is 8.42 Å². The molecule has 1 aliphatic rings. The first-order valence-electron chi connectivity index (χ1n) is 15.2. The number of likely N-dealkylation sites (N-methyl/N-ethyl adjacent to an activating group) is 1. The summed E-state index contributed by atoms with van der Waals surface area (Å²) in [5.41, 5.74) is 1.72. The second-order valence-corrected chi connectivity index (χ2v) is 14.6. The molecular weight excluding hydrogens is 599 g/mol. The highest BCUT2D eigenvalue weighted by molar-refractivity contribution is 7.94. The van der Waals surface area contributed by atoms with Gasteiger partial charge in [-0.05, 0) is 75.4 Å². The molecule has 0 unspecified atom stereocenters. The van der Waals surface area contributed by atoms with Gasteiger partial charge in [-0.2, -0.15) is 0 Å². The van der Waals surface area contributed by atoms with E-state index in [0.717, 1.165) is 37.1 Å². The molecule has 1 aromatic heterocycles. The number of hydrogen-bond acceptors (Lipinski definition) is 8. The highest BCUT2D eigenvalue weighted by atomic mass is 32.2. The molecule has 0 bridgehead atoms. The van der Waals surface area contributed by atoms with Crippen molar-refractivity contribution >= 4 is 33.0 Å². The first-order valence-corrected chi connectivity index (χ1v) is 17.6. The Kier molecular flexibility index (Phi) is 12.2. The molecule has 240 valence electrons. The third-order valence-corrected chi connectivity index (χ3v) is 10.6. The number of nitrogens with zero attached hydrogens (tertiary/aromatic N) is 2. The average Bonchev–Trinajstić information content (AvgIpc) is 3.55. The maximum atomic E-state index is 14.3. The summed E-state index contributed by atoms with van der Waals surface area (Å²) in [6.45, 7) is 8.01. The molecule has 44 heavy (non-hydrogen) atoms. The van der Waals surface area contributed by atoms with Crippen molar-refractivity contribution < 1.29 is 27.8 Å². The van der Waals surface area contributed by atoms with E-state index in [0.29, 0.717) is 25.4 Å². The van der Waals surface area contributed by atoms with Crippen molar-refractivity contribution in [2.45, 2.75) is 69.0 Å². The second kappa shape index (κ2) is 15.9. The van der Waals surface area contributed by atoms with Crippen LogP contribution in [0.2, 0.25) is 0 Å². The summed E-state index contributed by atoms with van der Waals surface area (Å²) in [6, 6.07) is 17.8. The van der Waals surface area contributed by atoms with Crippen molar-refractivity contribution in [2.75, 3.05) is 38.1 Å². The zero-order valence-electron chi connectivity index (χ0n) is 26.0. The van der Waals surface area contributed by atoms with Crippen molar-refractivity contribution in [1.82, 2.24) is 9.80 Å². The number of nitrogens with one attached hydrogen (secondary N) is 1. The Labute approximate surface area is 265 Å². The molecule has 0 aliphatic carbocycles. The van der Waals surface area contributed by atoms with Crippen LogP contribution >= 0.6 is 11.3 Å². The molecule has 0 fully saturated rings. The van der Waals surface area contributed by atoms with E-state index in [1.807, 2.05) is 25.1 Å². The number of anilines is 1. The van der Waals surface area contributed by atoms with Gasteiger partial charge in [0.25, 0.3) is 15.9 Å². The van der Waals surface area contributed by atoms with Crippen molar-refractivity contribution in [3.63, 3.8) is 0 Å². The number of thiophene rings is 1. The topological polar surface area (TPSA) is 108 Å². The molecule has 0 saturated carbocycles. The molecule has 4 rings (SSSR count). The number of carbonyl (C=O) groups is 1. The van der Waals surface area contributed by atoms with Gasteiger partial charge in [-0.3, -0.25) is 14.4 Å². The number of carbonyl (C=O) groups excluding carboxylic acids is 1. The van der Waals surface area contributed by atoms with Gasteiger partial charge in [0.15, 0.2) is 0 Å². The third kappa shape index (κ3) is 9.28. The van der Waals surface area contributed by atoms with Gasteiger partial charge in [0.1, 0.15) is 9.96 Å². The molecule has 2 heterocycles. The van der Waals surface area contributed by atoms with Crippen LogP contribution in [0.25, 0.3) is 0 Å². The average molecular weight is 644 g/mol. The summed E-state index contributed by atoms with van der Waals surface area (Å²) in [4.78, 5) is 18.2. The number of amides is 1. The summed E-state index contributed by atoms with van der Waals surface area (Å²) in [5.74, 6) is -0.0130. The van der Waals surface area contributed by atoms with Crippen molar-refractivity contribution in [3.05, 3.63) is 77.2 Å². The Morgan fingerprint density at radius 1 is 1.11 bits per heavy atom. The number of benzene rings is 2. The van der Waals surface area contributed by atoms with Gasteiger partial charge in [0.05, 0.1) is 30.4 Å². The lowest BCUT2D eigenvalue weighted by Crippen LogP contribution is -2.47. The zero-order valence-corrected chi connectivity index (χ0v) is 27.6. The van der Waals surface area contributed by atoms with E-state index in [2.05, 4.69) is 35.7 Å². The largest absolute Gasteiger partial charge is 0.490 e. The quantitative estimate of drug-likeness (QED) is 0.318. The molecule has 1 aliphatic heterocycles. The molecule has 1 amide bonds. The van der Waals surface area contributed by atoms with E-state index in [4.69, 9.17) is 9.47 Å². The highest BCUT2D eigenvalue weighted by Crippen LogP contribution is 2.30. The van der Waals surface area contributed by atoms with Crippen LogP contribution in [0.1, 0.15) is 56.0 Å². The Hall–Kier alpha value is -2.96. The number of fused-ring (bicyclic) bond motifs is 1. The fourth-order valence-corrected chi connectivity index (χ4v) is 7.38. The molecule has 0 spiro atoms. The van der Waals surface area contributed by atoms with E-state index in [1.165, 1.54) is 17.7 Å². The molecule has 3 aromatic rings. The second-order valence-electron chi connectivity index (χ2n) is 11.7.